The molecule has 168 valence electrons. The molecular formula is C24H18BrFN2O5. The lowest BCUT2D eigenvalue weighted by Gasteiger charge is -2.29. The molecule has 3 aromatic rings. The van der Waals surface area contributed by atoms with E-state index in [1.165, 1.54) is 31.4 Å². The molecular weight excluding hydrogens is 495 g/mol. The second-order valence-electron chi connectivity index (χ2n) is 7.70. The summed E-state index contributed by atoms with van der Waals surface area (Å²) in [5.74, 6) is -2.19. The first-order valence-electron chi connectivity index (χ1n) is 10.1. The lowest BCUT2D eigenvalue weighted by atomic mass is 9.90. The molecule has 0 radical (unpaired) electrons. The van der Waals surface area contributed by atoms with Crippen molar-refractivity contribution in [2.45, 2.75) is 12.1 Å². The number of phenolic OH excluding ortho intramolecular Hbond substituents is 1. The maximum Gasteiger partial charge on any atom is 0.266 e. The number of nitrogens with zero attached hydrogens (tertiary/aromatic N) is 2. The van der Waals surface area contributed by atoms with Crippen molar-refractivity contribution in [1.29, 1.82) is 0 Å². The molecule has 0 bridgehead atoms. The Morgan fingerprint density at radius 3 is 2.36 bits per heavy atom. The van der Waals surface area contributed by atoms with Crippen LogP contribution < -0.4 is 14.7 Å². The largest absolute Gasteiger partial charge is 0.503 e. The highest BCUT2D eigenvalue weighted by atomic mass is 79.9. The monoisotopic (exact) mass is 512 g/mol. The van der Waals surface area contributed by atoms with Gasteiger partial charge in [0.15, 0.2) is 17.6 Å². The van der Waals surface area contributed by atoms with Gasteiger partial charge in [0.05, 0.1) is 29.0 Å². The van der Waals surface area contributed by atoms with Crippen LogP contribution in [0.15, 0.2) is 71.2 Å². The van der Waals surface area contributed by atoms with E-state index < -0.39 is 35.7 Å². The molecule has 9 heteroatoms. The summed E-state index contributed by atoms with van der Waals surface area (Å²) in [6.07, 6.45) is -1.06. The first-order valence-corrected chi connectivity index (χ1v) is 10.9. The fourth-order valence-electron chi connectivity index (χ4n) is 4.32. The van der Waals surface area contributed by atoms with Crippen LogP contribution in [-0.2, 0) is 14.4 Å². The van der Waals surface area contributed by atoms with Gasteiger partial charge in [0.25, 0.3) is 5.91 Å². The number of rotatable bonds is 4. The van der Waals surface area contributed by atoms with E-state index in [-0.39, 0.29) is 17.2 Å². The Bertz CT molecular complexity index is 1240. The number of carbonyl (C=O) groups excluding carboxylic acids is 2. The topological polar surface area (TPSA) is 79.3 Å². The third-order valence-electron chi connectivity index (χ3n) is 5.82. The van der Waals surface area contributed by atoms with Crippen LogP contribution in [0.25, 0.3) is 0 Å². The Morgan fingerprint density at radius 2 is 1.70 bits per heavy atom. The molecule has 3 atom stereocenters. The highest BCUT2D eigenvalue weighted by Crippen LogP contribution is 2.49. The summed E-state index contributed by atoms with van der Waals surface area (Å²) < 4.78 is 19.1. The number of hydroxylamine groups is 1. The molecule has 5 rings (SSSR count). The number of hydrogen-bond donors (Lipinski definition) is 1. The van der Waals surface area contributed by atoms with E-state index in [0.29, 0.717) is 15.7 Å². The predicted molar refractivity (Wildman–Crippen MR) is 121 cm³/mol. The van der Waals surface area contributed by atoms with Gasteiger partial charge >= 0.3 is 0 Å². The summed E-state index contributed by atoms with van der Waals surface area (Å²) in [5, 5.41) is 11.8. The van der Waals surface area contributed by atoms with Gasteiger partial charge in [0, 0.05) is 0 Å². The number of anilines is 2. The number of amides is 2. The van der Waals surface area contributed by atoms with Crippen molar-refractivity contribution >= 4 is 39.1 Å². The van der Waals surface area contributed by atoms with E-state index >= 15 is 0 Å². The molecule has 0 aliphatic carbocycles. The molecule has 1 N–H and O–H groups in total. The molecule has 0 aromatic heterocycles. The number of para-hydroxylation sites is 1. The first-order chi connectivity index (χ1) is 15.9. The molecule has 2 aliphatic rings. The lowest BCUT2D eigenvalue weighted by molar-refractivity contribution is -0.126. The number of imide groups is 1. The maximum absolute atomic E-state index is 13.6. The van der Waals surface area contributed by atoms with Crippen LogP contribution >= 0.6 is 15.9 Å². The van der Waals surface area contributed by atoms with Gasteiger partial charge in [-0.3, -0.25) is 14.4 Å². The Morgan fingerprint density at radius 1 is 1.00 bits per heavy atom. The van der Waals surface area contributed by atoms with Crippen molar-refractivity contribution in [3.63, 3.8) is 0 Å². The third-order valence-corrected chi connectivity index (χ3v) is 6.43. The van der Waals surface area contributed by atoms with Crippen molar-refractivity contribution in [1.82, 2.24) is 0 Å². The van der Waals surface area contributed by atoms with Crippen LogP contribution in [0.1, 0.15) is 11.6 Å². The number of halogens is 2. The van der Waals surface area contributed by atoms with Gasteiger partial charge < -0.3 is 9.84 Å². The average Bonchev–Trinajstić information content (AvgIpc) is 3.33. The Hall–Kier alpha value is -3.43. The Kier molecular flexibility index (Phi) is 5.30. The molecule has 7 nitrogen and oxygen atoms in total. The van der Waals surface area contributed by atoms with Gasteiger partial charge in [-0.1, -0.05) is 18.2 Å². The van der Waals surface area contributed by atoms with Gasteiger partial charge in [-0.2, -0.15) is 0 Å². The molecule has 2 fully saturated rings. The van der Waals surface area contributed by atoms with E-state index in [9.17, 15) is 19.1 Å². The van der Waals surface area contributed by atoms with Crippen molar-refractivity contribution in [2.24, 2.45) is 5.92 Å². The molecule has 33 heavy (non-hydrogen) atoms. The first kappa shape index (κ1) is 21.4. The minimum absolute atomic E-state index is 0.0789. The summed E-state index contributed by atoms with van der Waals surface area (Å²) in [6, 6.07) is 16.9. The van der Waals surface area contributed by atoms with Gasteiger partial charge in [-0.05, 0) is 70.0 Å². The molecule has 3 aromatic carbocycles. The number of hydrogen-bond acceptors (Lipinski definition) is 6. The number of carbonyl (C=O) groups is 2. The fraction of sp³-hybridized carbons (Fsp3) is 0.167. The highest BCUT2D eigenvalue weighted by Gasteiger charge is 2.60. The normalized spacial score (nSPS) is 22.1. The second-order valence-corrected chi connectivity index (χ2v) is 8.55. The van der Waals surface area contributed by atoms with Crippen LogP contribution in [-0.4, -0.2) is 30.1 Å². The molecule has 2 heterocycles. The summed E-state index contributed by atoms with van der Waals surface area (Å²) in [7, 11) is 1.43. The van der Waals surface area contributed by atoms with Crippen molar-refractivity contribution in [3.05, 3.63) is 82.6 Å². The van der Waals surface area contributed by atoms with Crippen LogP contribution in [0.2, 0.25) is 0 Å². The van der Waals surface area contributed by atoms with Crippen LogP contribution in [0.5, 0.6) is 11.5 Å². The number of phenols is 1. The lowest BCUT2D eigenvalue weighted by Crippen LogP contribution is -2.37. The quantitative estimate of drug-likeness (QED) is 0.523. The molecule has 0 spiro atoms. The van der Waals surface area contributed by atoms with E-state index in [2.05, 4.69) is 15.9 Å². The van der Waals surface area contributed by atoms with Crippen molar-refractivity contribution in [3.8, 4) is 11.5 Å². The van der Waals surface area contributed by atoms with Gasteiger partial charge in [0.2, 0.25) is 5.91 Å². The number of aromatic hydroxyl groups is 1. The molecule has 2 amide bonds. The number of benzene rings is 3. The minimum atomic E-state index is -1.06. The van der Waals surface area contributed by atoms with E-state index in [4.69, 9.17) is 9.57 Å². The molecule has 0 unspecified atom stereocenters. The number of fused-ring (bicyclic) bond motifs is 1. The number of ether oxygens (including phenoxy) is 1. The van der Waals surface area contributed by atoms with E-state index in [1.54, 1.807) is 17.2 Å². The summed E-state index contributed by atoms with van der Waals surface area (Å²) in [5.41, 5.74) is 1.54. The molecule has 0 saturated carbocycles. The molecule has 2 aliphatic heterocycles. The standard InChI is InChI=1S/C24H18BrFN2O5/c1-32-18-12-13(11-17(25)21(18)29)20-19-22(33-28(20)16-5-3-2-4-6-16)24(31)27(23(19)30)15-9-7-14(26)8-10-15/h2-12,19-20,22,29H,1H3/t19-,20+,22+/m1/s1. The Labute approximate surface area is 197 Å². The summed E-state index contributed by atoms with van der Waals surface area (Å²) in [6.45, 7) is 0. The maximum atomic E-state index is 13.6. The fourth-order valence-corrected chi connectivity index (χ4v) is 4.78. The SMILES string of the molecule is COc1cc([C@H]2[C@H]3C(=O)N(c4ccc(F)cc4)C(=O)[C@H]3ON2c2ccccc2)cc(Br)c1O. The zero-order chi connectivity index (χ0) is 23.3. The van der Waals surface area contributed by atoms with Gasteiger partial charge in [0.1, 0.15) is 11.7 Å². The zero-order valence-corrected chi connectivity index (χ0v) is 18.9. The van der Waals surface area contributed by atoms with E-state index in [1.807, 2.05) is 30.3 Å². The van der Waals surface area contributed by atoms with Crippen LogP contribution in [0.3, 0.4) is 0 Å². The van der Waals surface area contributed by atoms with Gasteiger partial charge in [-0.15, -0.1) is 0 Å². The van der Waals surface area contributed by atoms with Crippen LogP contribution in [0, 0.1) is 11.7 Å². The Balaban J connectivity index is 1.62. The number of methoxy groups -OCH3 is 1. The van der Waals surface area contributed by atoms with Gasteiger partial charge in [-0.25, -0.2) is 14.4 Å². The molecule has 2 saturated heterocycles. The minimum Gasteiger partial charge on any atom is -0.503 e. The third kappa shape index (κ3) is 3.44. The summed E-state index contributed by atoms with van der Waals surface area (Å²) >= 11 is 3.33. The summed E-state index contributed by atoms with van der Waals surface area (Å²) in [4.78, 5) is 33.9. The smallest absolute Gasteiger partial charge is 0.266 e. The van der Waals surface area contributed by atoms with Crippen molar-refractivity contribution < 1.29 is 28.7 Å². The van der Waals surface area contributed by atoms with E-state index in [0.717, 1.165) is 4.90 Å². The van der Waals surface area contributed by atoms with Crippen molar-refractivity contribution in [2.75, 3.05) is 17.1 Å². The predicted octanol–water partition coefficient (Wildman–Crippen LogP) is 4.35. The highest BCUT2D eigenvalue weighted by molar-refractivity contribution is 9.10. The second kappa shape index (κ2) is 8.17. The average molecular weight is 513 g/mol. The zero-order valence-electron chi connectivity index (χ0n) is 17.3. The van der Waals surface area contributed by atoms with Crippen LogP contribution in [0.4, 0.5) is 15.8 Å².